The Morgan fingerprint density at radius 3 is 2.74 bits per heavy atom. The summed E-state index contributed by atoms with van der Waals surface area (Å²) in [6.45, 7) is 1.95. The van der Waals surface area contributed by atoms with E-state index in [4.69, 9.17) is 9.47 Å². The van der Waals surface area contributed by atoms with Crippen molar-refractivity contribution in [3.05, 3.63) is 53.2 Å². The monoisotopic (exact) mass is 365 g/mol. The Bertz CT molecular complexity index is 1020. The van der Waals surface area contributed by atoms with Gasteiger partial charge in [-0.1, -0.05) is 6.07 Å². The average Bonchev–Trinajstić information content (AvgIpc) is 2.72. The number of hydrogen-bond acceptors (Lipinski definition) is 5. The summed E-state index contributed by atoms with van der Waals surface area (Å²) < 4.78 is 13.4. The summed E-state index contributed by atoms with van der Waals surface area (Å²) in [5.74, 6) is 1.45. The second kappa shape index (κ2) is 7.40. The van der Waals surface area contributed by atoms with Gasteiger partial charge in [-0.15, -0.1) is 0 Å². The van der Waals surface area contributed by atoms with Crippen LogP contribution in [0.1, 0.15) is 12.8 Å². The summed E-state index contributed by atoms with van der Waals surface area (Å²) in [6, 6.07) is 7.81. The van der Waals surface area contributed by atoms with Gasteiger partial charge in [0, 0.05) is 31.2 Å². The van der Waals surface area contributed by atoms with Gasteiger partial charge in [0.25, 0.3) is 5.56 Å². The summed E-state index contributed by atoms with van der Waals surface area (Å²) in [5.41, 5.74) is 1.87. The number of pyridine rings is 2. The topological polar surface area (TPSA) is 65.4 Å². The minimum atomic E-state index is -0.0559. The number of rotatable bonds is 4. The Morgan fingerprint density at radius 2 is 1.96 bits per heavy atom. The van der Waals surface area contributed by atoms with Gasteiger partial charge in [0.05, 0.1) is 12.5 Å². The van der Waals surface area contributed by atoms with E-state index in [1.165, 1.54) is 0 Å². The first-order valence-electron chi connectivity index (χ1n) is 9.16. The number of piperidine rings is 1. The molecule has 1 aromatic carbocycles. The molecule has 0 atom stereocenters. The van der Waals surface area contributed by atoms with Crippen molar-refractivity contribution in [2.45, 2.75) is 18.9 Å². The van der Waals surface area contributed by atoms with Gasteiger partial charge < -0.3 is 19.4 Å². The summed E-state index contributed by atoms with van der Waals surface area (Å²) in [7, 11) is 3.40. The van der Waals surface area contributed by atoms with Crippen molar-refractivity contribution in [1.82, 2.24) is 14.9 Å². The Morgan fingerprint density at radius 1 is 1.15 bits per heavy atom. The maximum absolute atomic E-state index is 12.4. The van der Waals surface area contributed by atoms with Crippen LogP contribution in [0.3, 0.4) is 0 Å². The number of aryl methyl sites for hydroxylation is 1. The predicted molar refractivity (Wildman–Crippen MR) is 105 cm³/mol. The highest BCUT2D eigenvalue weighted by Crippen LogP contribution is 2.35. The van der Waals surface area contributed by atoms with Gasteiger partial charge in [-0.2, -0.15) is 0 Å². The number of aromatic nitrogens is 2. The molecule has 1 aliphatic heterocycles. The number of nitrogens with zero attached hydrogens (tertiary/aromatic N) is 2. The van der Waals surface area contributed by atoms with E-state index in [1.54, 1.807) is 31.1 Å². The SMILES string of the molecule is COc1cc(-c2cn(C)c(=O)c3cnccc23)ccc1OC1CCNCC1. The predicted octanol–water partition coefficient (Wildman–Crippen LogP) is 2.74. The highest BCUT2D eigenvalue weighted by Gasteiger charge is 2.18. The molecule has 0 spiro atoms. The smallest absolute Gasteiger partial charge is 0.259 e. The highest BCUT2D eigenvalue weighted by atomic mass is 16.5. The van der Waals surface area contributed by atoms with Crippen LogP contribution in [0.4, 0.5) is 0 Å². The van der Waals surface area contributed by atoms with Gasteiger partial charge in [-0.25, -0.2) is 0 Å². The van der Waals surface area contributed by atoms with E-state index in [2.05, 4.69) is 10.3 Å². The van der Waals surface area contributed by atoms with Crippen LogP contribution < -0.4 is 20.3 Å². The maximum atomic E-state index is 12.4. The largest absolute Gasteiger partial charge is 0.493 e. The van der Waals surface area contributed by atoms with Crippen molar-refractivity contribution >= 4 is 10.8 Å². The molecular formula is C21H23N3O3. The minimum Gasteiger partial charge on any atom is -0.493 e. The lowest BCUT2D eigenvalue weighted by Gasteiger charge is -2.25. The fraction of sp³-hybridized carbons (Fsp3) is 0.333. The molecule has 0 radical (unpaired) electrons. The maximum Gasteiger partial charge on any atom is 0.259 e. The lowest BCUT2D eigenvalue weighted by molar-refractivity contribution is 0.157. The molecule has 27 heavy (non-hydrogen) atoms. The number of methoxy groups -OCH3 is 1. The van der Waals surface area contributed by atoms with E-state index in [0.29, 0.717) is 11.1 Å². The number of ether oxygens (including phenoxy) is 2. The first-order chi connectivity index (χ1) is 13.2. The first kappa shape index (κ1) is 17.5. The third-order valence-electron chi connectivity index (χ3n) is 5.04. The fourth-order valence-electron chi connectivity index (χ4n) is 3.57. The van der Waals surface area contributed by atoms with Gasteiger partial charge in [-0.05, 0) is 55.1 Å². The normalized spacial score (nSPS) is 15.0. The quantitative estimate of drug-likeness (QED) is 0.770. The summed E-state index contributed by atoms with van der Waals surface area (Å²) >= 11 is 0. The zero-order valence-corrected chi connectivity index (χ0v) is 15.6. The molecule has 6 heteroatoms. The standard InChI is InChI=1S/C21H23N3O3/c1-24-13-18(16-7-10-23-12-17(16)21(24)25)14-3-4-19(20(11-14)26-2)27-15-5-8-22-9-6-15/h3-4,7,10-13,15,22H,5-6,8-9H2,1-2H3. The highest BCUT2D eigenvalue weighted by molar-refractivity contribution is 5.95. The molecule has 1 fully saturated rings. The third kappa shape index (κ3) is 3.40. The lowest BCUT2D eigenvalue weighted by Crippen LogP contribution is -2.34. The summed E-state index contributed by atoms with van der Waals surface area (Å²) in [5, 5.41) is 4.82. The third-order valence-corrected chi connectivity index (χ3v) is 5.04. The Labute approximate surface area is 157 Å². The van der Waals surface area contributed by atoms with Gasteiger partial charge >= 0.3 is 0 Å². The molecule has 0 saturated carbocycles. The zero-order valence-electron chi connectivity index (χ0n) is 15.6. The zero-order chi connectivity index (χ0) is 18.8. The second-order valence-electron chi connectivity index (χ2n) is 6.81. The van der Waals surface area contributed by atoms with Gasteiger partial charge in [-0.3, -0.25) is 9.78 Å². The van der Waals surface area contributed by atoms with Gasteiger partial charge in [0.1, 0.15) is 6.10 Å². The molecule has 0 aliphatic carbocycles. The van der Waals surface area contributed by atoms with Crippen molar-refractivity contribution < 1.29 is 9.47 Å². The van der Waals surface area contributed by atoms with Crippen LogP contribution in [0.2, 0.25) is 0 Å². The summed E-state index contributed by atoms with van der Waals surface area (Å²) in [6.07, 6.45) is 7.36. The van der Waals surface area contributed by atoms with Crippen LogP contribution in [-0.2, 0) is 7.05 Å². The molecule has 2 aromatic heterocycles. The molecule has 3 heterocycles. The van der Waals surface area contributed by atoms with Crippen molar-refractivity contribution in [3.8, 4) is 22.6 Å². The van der Waals surface area contributed by atoms with E-state index in [1.807, 2.05) is 30.5 Å². The van der Waals surface area contributed by atoms with Crippen molar-refractivity contribution in [3.63, 3.8) is 0 Å². The van der Waals surface area contributed by atoms with Crippen LogP contribution in [0.25, 0.3) is 21.9 Å². The number of hydrogen-bond donors (Lipinski definition) is 1. The van der Waals surface area contributed by atoms with E-state index >= 15 is 0 Å². The van der Waals surface area contributed by atoms with E-state index in [0.717, 1.165) is 48.2 Å². The van der Waals surface area contributed by atoms with Crippen molar-refractivity contribution in [2.75, 3.05) is 20.2 Å². The van der Waals surface area contributed by atoms with E-state index in [9.17, 15) is 4.79 Å². The molecule has 6 nitrogen and oxygen atoms in total. The molecule has 0 amide bonds. The molecule has 3 aromatic rings. The fourth-order valence-corrected chi connectivity index (χ4v) is 3.57. The van der Waals surface area contributed by atoms with E-state index < -0.39 is 0 Å². The molecule has 0 bridgehead atoms. The Hall–Kier alpha value is -2.86. The number of nitrogens with one attached hydrogen (secondary N) is 1. The molecule has 1 aliphatic rings. The van der Waals surface area contributed by atoms with Crippen LogP contribution in [0.5, 0.6) is 11.5 Å². The van der Waals surface area contributed by atoms with Crippen molar-refractivity contribution in [1.29, 1.82) is 0 Å². The molecule has 0 unspecified atom stereocenters. The average molecular weight is 365 g/mol. The van der Waals surface area contributed by atoms with Crippen LogP contribution >= 0.6 is 0 Å². The summed E-state index contributed by atoms with van der Waals surface area (Å²) in [4.78, 5) is 16.5. The number of fused-ring (bicyclic) bond motifs is 1. The van der Waals surface area contributed by atoms with Gasteiger partial charge in [0.15, 0.2) is 11.5 Å². The minimum absolute atomic E-state index is 0.0559. The molecule has 1 N–H and O–H groups in total. The molecule has 4 rings (SSSR count). The van der Waals surface area contributed by atoms with Gasteiger partial charge in [0.2, 0.25) is 0 Å². The van der Waals surface area contributed by atoms with E-state index in [-0.39, 0.29) is 11.7 Å². The number of benzene rings is 1. The van der Waals surface area contributed by atoms with Crippen molar-refractivity contribution in [2.24, 2.45) is 7.05 Å². The van der Waals surface area contributed by atoms with Crippen LogP contribution in [0, 0.1) is 0 Å². The van der Waals surface area contributed by atoms with Crippen LogP contribution in [0.15, 0.2) is 47.7 Å². The Balaban J connectivity index is 1.76. The lowest BCUT2D eigenvalue weighted by atomic mass is 10.0. The Kier molecular flexibility index (Phi) is 4.81. The first-order valence-corrected chi connectivity index (χ1v) is 9.16. The van der Waals surface area contributed by atoms with Crippen LogP contribution in [-0.4, -0.2) is 35.9 Å². The molecular weight excluding hydrogens is 342 g/mol. The molecule has 140 valence electrons. The molecule has 1 saturated heterocycles. The second-order valence-corrected chi connectivity index (χ2v) is 6.81.